The normalized spacial score (nSPS) is 10.7. The molecular formula is C18H15BrNS+. The predicted octanol–water partition coefficient (Wildman–Crippen LogP) is 4.97. The molecule has 3 aromatic carbocycles. The molecule has 4 aromatic rings. The number of hydrogen-bond donors (Lipinski definition) is 0. The van der Waals surface area contributed by atoms with Crippen LogP contribution in [-0.2, 0) is 6.54 Å². The average Bonchev–Trinajstić information content (AvgIpc) is 2.91. The summed E-state index contributed by atoms with van der Waals surface area (Å²) < 4.78 is 3.68. The van der Waals surface area contributed by atoms with Crippen molar-refractivity contribution in [3.8, 4) is 0 Å². The number of benzene rings is 3. The van der Waals surface area contributed by atoms with E-state index in [0.717, 1.165) is 6.54 Å². The average molecular weight is 357 g/mol. The number of para-hydroxylation sites is 1. The SMILES string of the molecule is Br.c1ccc2c(C[n+]3csc4ccccc43)cccc2c1. The first kappa shape index (κ1) is 14.2. The number of nitrogens with zero attached hydrogens (tertiary/aromatic N) is 1. The summed E-state index contributed by atoms with van der Waals surface area (Å²) in [7, 11) is 0. The molecule has 1 nitrogen and oxygen atoms in total. The summed E-state index contributed by atoms with van der Waals surface area (Å²) >= 11 is 1.80. The van der Waals surface area contributed by atoms with Gasteiger partial charge >= 0.3 is 0 Å². The van der Waals surface area contributed by atoms with Crippen molar-refractivity contribution in [3.63, 3.8) is 0 Å². The van der Waals surface area contributed by atoms with Gasteiger partial charge in [-0.25, -0.2) is 0 Å². The Balaban J connectivity index is 0.00000132. The molecule has 4 rings (SSSR count). The first-order valence-electron chi connectivity index (χ1n) is 6.74. The Morgan fingerprint density at radius 3 is 2.52 bits per heavy atom. The summed E-state index contributed by atoms with van der Waals surface area (Å²) in [6.45, 7) is 0.922. The van der Waals surface area contributed by atoms with E-state index in [9.17, 15) is 0 Å². The van der Waals surface area contributed by atoms with Gasteiger partial charge in [-0.1, -0.05) is 65.9 Å². The highest BCUT2D eigenvalue weighted by Gasteiger charge is 2.12. The van der Waals surface area contributed by atoms with Gasteiger partial charge in [0.05, 0.1) is 0 Å². The van der Waals surface area contributed by atoms with Crippen LogP contribution in [-0.4, -0.2) is 0 Å². The Hall–Kier alpha value is -1.71. The lowest BCUT2D eigenvalue weighted by Crippen LogP contribution is -2.32. The van der Waals surface area contributed by atoms with E-state index in [0.29, 0.717) is 0 Å². The topological polar surface area (TPSA) is 3.88 Å². The van der Waals surface area contributed by atoms with Gasteiger partial charge in [0.15, 0.2) is 6.54 Å². The highest BCUT2D eigenvalue weighted by molar-refractivity contribution is 8.93. The number of hydrogen-bond acceptors (Lipinski definition) is 1. The van der Waals surface area contributed by atoms with Crippen LogP contribution in [0, 0.1) is 0 Å². The molecule has 0 aliphatic carbocycles. The lowest BCUT2D eigenvalue weighted by molar-refractivity contribution is -0.657. The fraction of sp³-hybridized carbons (Fsp3) is 0.0556. The van der Waals surface area contributed by atoms with Crippen molar-refractivity contribution >= 4 is 49.3 Å². The molecule has 0 spiro atoms. The minimum absolute atomic E-state index is 0. The van der Waals surface area contributed by atoms with Crippen LogP contribution in [0.15, 0.2) is 72.2 Å². The van der Waals surface area contributed by atoms with Gasteiger partial charge in [0, 0.05) is 11.6 Å². The van der Waals surface area contributed by atoms with Crippen LogP contribution in [0.25, 0.3) is 21.0 Å². The van der Waals surface area contributed by atoms with Gasteiger partial charge in [-0.15, -0.1) is 17.0 Å². The standard InChI is InChI=1S/C18H14NS.BrH/c1-2-9-16-14(6-1)7-5-8-15(16)12-19-13-20-18-11-4-3-10-17(18)19;/h1-11,13H,12H2;1H/q+1;. The lowest BCUT2D eigenvalue weighted by atomic mass is 10.0. The zero-order valence-electron chi connectivity index (χ0n) is 11.4. The first-order valence-corrected chi connectivity index (χ1v) is 7.62. The summed E-state index contributed by atoms with van der Waals surface area (Å²) in [5, 5.41) is 2.66. The maximum Gasteiger partial charge on any atom is 0.226 e. The molecule has 0 amide bonds. The number of aromatic nitrogens is 1. The third-order valence-electron chi connectivity index (χ3n) is 3.70. The summed E-state index contributed by atoms with van der Waals surface area (Å²) in [4.78, 5) is 0. The van der Waals surface area contributed by atoms with Gasteiger partial charge in [0.2, 0.25) is 11.0 Å². The Morgan fingerprint density at radius 1 is 0.810 bits per heavy atom. The third kappa shape index (κ3) is 2.59. The lowest BCUT2D eigenvalue weighted by Gasteiger charge is -2.03. The Morgan fingerprint density at radius 2 is 1.57 bits per heavy atom. The van der Waals surface area contributed by atoms with Gasteiger partial charge < -0.3 is 0 Å². The second kappa shape index (κ2) is 5.96. The van der Waals surface area contributed by atoms with E-state index < -0.39 is 0 Å². The highest BCUT2D eigenvalue weighted by atomic mass is 79.9. The van der Waals surface area contributed by atoms with E-state index >= 15 is 0 Å². The van der Waals surface area contributed by atoms with Crippen LogP contribution in [0.3, 0.4) is 0 Å². The van der Waals surface area contributed by atoms with Gasteiger partial charge in [-0.2, -0.15) is 4.57 Å². The highest BCUT2D eigenvalue weighted by Crippen LogP contribution is 2.20. The quantitative estimate of drug-likeness (QED) is 0.446. The van der Waals surface area contributed by atoms with Crippen molar-refractivity contribution in [1.29, 1.82) is 0 Å². The van der Waals surface area contributed by atoms with E-state index in [2.05, 4.69) is 76.8 Å². The van der Waals surface area contributed by atoms with E-state index in [1.165, 1.54) is 26.6 Å². The van der Waals surface area contributed by atoms with Crippen LogP contribution >= 0.6 is 28.3 Å². The Labute approximate surface area is 138 Å². The first-order chi connectivity index (χ1) is 9.92. The third-order valence-corrected chi connectivity index (χ3v) is 4.66. The summed E-state index contributed by atoms with van der Waals surface area (Å²) in [5.74, 6) is 0. The fourth-order valence-electron chi connectivity index (χ4n) is 2.71. The Kier molecular flexibility index (Phi) is 4.04. The zero-order chi connectivity index (χ0) is 13.4. The van der Waals surface area contributed by atoms with Crippen molar-refractivity contribution in [2.75, 3.05) is 0 Å². The maximum absolute atomic E-state index is 2.34. The molecule has 1 aromatic heterocycles. The van der Waals surface area contributed by atoms with Crippen molar-refractivity contribution in [2.24, 2.45) is 0 Å². The maximum atomic E-state index is 2.34. The molecule has 0 bridgehead atoms. The summed E-state index contributed by atoms with van der Waals surface area (Å²) in [5.41, 5.74) is 4.90. The summed E-state index contributed by atoms with van der Waals surface area (Å²) in [6.07, 6.45) is 0. The van der Waals surface area contributed by atoms with Crippen LogP contribution in [0.2, 0.25) is 0 Å². The van der Waals surface area contributed by atoms with Gasteiger partial charge in [-0.05, 0) is 16.8 Å². The van der Waals surface area contributed by atoms with E-state index in [4.69, 9.17) is 0 Å². The number of thiazole rings is 1. The minimum Gasteiger partial charge on any atom is -0.184 e. The van der Waals surface area contributed by atoms with Crippen molar-refractivity contribution in [1.82, 2.24) is 0 Å². The molecule has 0 saturated heterocycles. The van der Waals surface area contributed by atoms with Crippen molar-refractivity contribution in [2.45, 2.75) is 6.54 Å². The van der Waals surface area contributed by atoms with Crippen molar-refractivity contribution < 1.29 is 4.57 Å². The van der Waals surface area contributed by atoms with Crippen LogP contribution in [0.4, 0.5) is 0 Å². The molecular weight excluding hydrogens is 342 g/mol. The zero-order valence-corrected chi connectivity index (χ0v) is 13.9. The molecule has 0 atom stereocenters. The van der Waals surface area contributed by atoms with E-state index in [-0.39, 0.29) is 17.0 Å². The molecule has 0 unspecified atom stereocenters. The van der Waals surface area contributed by atoms with Gasteiger partial charge in [0.25, 0.3) is 0 Å². The molecule has 0 N–H and O–H groups in total. The summed E-state index contributed by atoms with van der Waals surface area (Å²) in [6, 6.07) is 23.7. The second-order valence-corrected chi connectivity index (χ2v) is 5.84. The fourth-order valence-corrected chi connectivity index (χ4v) is 3.60. The van der Waals surface area contributed by atoms with E-state index in [1.807, 2.05) is 0 Å². The van der Waals surface area contributed by atoms with Crippen molar-refractivity contribution in [3.05, 3.63) is 77.8 Å². The van der Waals surface area contributed by atoms with Crippen LogP contribution in [0.5, 0.6) is 0 Å². The molecule has 1 heterocycles. The van der Waals surface area contributed by atoms with Crippen LogP contribution in [0.1, 0.15) is 5.56 Å². The molecule has 0 aliphatic rings. The molecule has 3 heteroatoms. The van der Waals surface area contributed by atoms with E-state index in [1.54, 1.807) is 11.3 Å². The Bertz CT molecular complexity index is 892. The smallest absolute Gasteiger partial charge is 0.184 e. The molecule has 104 valence electrons. The van der Waals surface area contributed by atoms with Crippen LogP contribution < -0.4 is 4.57 Å². The van der Waals surface area contributed by atoms with Gasteiger partial charge in [-0.3, -0.25) is 0 Å². The molecule has 21 heavy (non-hydrogen) atoms. The minimum atomic E-state index is 0. The monoisotopic (exact) mass is 356 g/mol. The molecule has 0 radical (unpaired) electrons. The molecule has 0 saturated carbocycles. The predicted molar refractivity (Wildman–Crippen MR) is 95.4 cm³/mol. The number of rotatable bonds is 2. The number of halogens is 1. The van der Waals surface area contributed by atoms with Gasteiger partial charge in [0.1, 0.15) is 4.70 Å². The second-order valence-electron chi connectivity index (χ2n) is 4.96. The molecule has 0 aliphatic heterocycles. The number of fused-ring (bicyclic) bond motifs is 2. The largest absolute Gasteiger partial charge is 0.226 e. The molecule has 0 fully saturated rings.